The van der Waals surface area contributed by atoms with Crippen molar-refractivity contribution in [2.45, 2.75) is 26.7 Å². The summed E-state index contributed by atoms with van der Waals surface area (Å²) in [6.45, 7) is 3.80. The van der Waals surface area contributed by atoms with Crippen LogP contribution in [0.25, 0.3) is 16.8 Å². The Morgan fingerprint density at radius 1 is 1.15 bits per heavy atom. The summed E-state index contributed by atoms with van der Waals surface area (Å²) in [5.41, 5.74) is 3.15. The van der Waals surface area contributed by atoms with E-state index in [2.05, 4.69) is 16.4 Å². The molecule has 1 aromatic heterocycles. The molecule has 1 heterocycles. The lowest BCUT2D eigenvalue weighted by molar-refractivity contribution is -0.131. The van der Waals surface area contributed by atoms with Crippen molar-refractivity contribution in [3.8, 4) is 23.1 Å². The van der Waals surface area contributed by atoms with Crippen LogP contribution in [0.3, 0.4) is 0 Å². The first-order valence-electron chi connectivity index (χ1n) is 10.4. The van der Waals surface area contributed by atoms with E-state index in [4.69, 9.17) is 9.47 Å². The van der Waals surface area contributed by atoms with Gasteiger partial charge in [0.25, 0.3) is 0 Å². The number of thiazole rings is 1. The summed E-state index contributed by atoms with van der Waals surface area (Å²) in [4.78, 5) is 27.6. The Kier molecular flexibility index (Phi) is 8.33. The zero-order chi connectivity index (χ0) is 23.6. The highest BCUT2D eigenvalue weighted by Gasteiger charge is 2.10. The maximum absolute atomic E-state index is 12.0. The number of aromatic nitrogens is 1. The van der Waals surface area contributed by atoms with Gasteiger partial charge in [-0.05, 0) is 55.0 Å². The molecule has 2 aromatic carbocycles. The number of benzene rings is 2. The fourth-order valence-electron chi connectivity index (χ4n) is 2.78. The predicted molar refractivity (Wildman–Crippen MR) is 128 cm³/mol. The van der Waals surface area contributed by atoms with Gasteiger partial charge < -0.3 is 14.8 Å². The van der Waals surface area contributed by atoms with E-state index in [1.54, 1.807) is 54.7 Å². The van der Waals surface area contributed by atoms with Crippen LogP contribution in [-0.4, -0.2) is 23.5 Å². The average Bonchev–Trinajstić information content (AvgIpc) is 3.30. The quantitative estimate of drug-likeness (QED) is 0.190. The van der Waals surface area contributed by atoms with Gasteiger partial charge in [-0.15, -0.1) is 11.3 Å². The highest BCUT2D eigenvalue weighted by Crippen LogP contribution is 2.27. The van der Waals surface area contributed by atoms with Crippen molar-refractivity contribution in [2.75, 3.05) is 11.9 Å². The van der Waals surface area contributed by atoms with Crippen molar-refractivity contribution in [3.63, 3.8) is 0 Å². The fourth-order valence-corrected chi connectivity index (χ4v) is 3.58. The monoisotopic (exact) mass is 461 g/mol. The van der Waals surface area contributed by atoms with E-state index >= 15 is 0 Å². The molecular weight excluding hydrogens is 438 g/mol. The first-order valence-corrected chi connectivity index (χ1v) is 11.3. The van der Waals surface area contributed by atoms with Gasteiger partial charge in [0.1, 0.15) is 22.4 Å². The molecule has 7 nitrogen and oxygen atoms in total. The molecule has 0 spiro atoms. The zero-order valence-electron chi connectivity index (χ0n) is 18.3. The highest BCUT2D eigenvalue weighted by atomic mass is 32.1. The van der Waals surface area contributed by atoms with E-state index < -0.39 is 0 Å². The molecular formula is C25H23N3O4S. The van der Waals surface area contributed by atoms with Gasteiger partial charge in [-0.2, -0.15) is 5.26 Å². The van der Waals surface area contributed by atoms with Crippen molar-refractivity contribution >= 4 is 34.5 Å². The Bertz CT molecular complexity index is 1180. The third kappa shape index (κ3) is 6.76. The van der Waals surface area contributed by atoms with Crippen molar-refractivity contribution in [1.29, 1.82) is 5.26 Å². The van der Waals surface area contributed by atoms with Gasteiger partial charge in [-0.25, -0.2) is 9.78 Å². The number of allylic oxidation sites excluding steroid dienone is 1. The fraction of sp³-hybridized carbons (Fsp3) is 0.200. The van der Waals surface area contributed by atoms with Gasteiger partial charge >= 0.3 is 11.9 Å². The van der Waals surface area contributed by atoms with Crippen molar-refractivity contribution in [1.82, 2.24) is 4.98 Å². The SMILES string of the molecule is CCCCOC(=O)c1ccc(N/C=C(/C#N)c2nc(-c3ccc(OC(C)=O)cc3)cs2)cc1. The number of nitriles is 1. The average molecular weight is 462 g/mol. The maximum atomic E-state index is 12.0. The third-order valence-corrected chi connectivity index (χ3v) is 5.38. The molecule has 0 aliphatic heterocycles. The van der Waals surface area contributed by atoms with Crippen LogP contribution in [0.1, 0.15) is 42.1 Å². The number of esters is 2. The molecule has 0 aliphatic carbocycles. The number of rotatable bonds is 9. The molecule has 3 rings (SSSR count). The molecule has 8 heteroatoms. The number of carbonyl (C=O) groups is 2. The van der Waals surface area contributed by atoms with E-state index in [-0.39, 0.29) is 11.9 Å². The lowest BCUT2D eigenvalue weighted by Crippen LogP contribution is -2.06. The van der Waals surface area contributed by atoms with Crippen molar-refractivity contribution in [2.24, 2.45) is 0 Å². The Morgan fingerprint density at radius 2 is 1.88 bits per heavy atom. The van der Waals surface area contributed by atoms with E-state index in [0.29, 0.717) is 28.5 Å². The lowest BCUT2D eigenvalue weighted by atomic mass is 10.2. The van der Waals surface area contributed by atoms with Gasteiger partial charge in [0, 0.05) is 29.8 Å². The minimum atomic E-state index is -0.378. The second kappa shape index (κ2) is 11.6. The molecule has 0 aliphatic rings. The largest absolute Gasteiger partial charge is 0.462 e. The van der Waals surface area contributed by atoms with Crippen LogP contribution >= 0.6 is 11.3 Å². The molecule has 3 aromatic rings. The first kappa shape index (κ1) is 23.7. The molecule has 168 valence electrons. The number of anilines is 1. The van der Waals surface area contributed by atoms with Gasteiger partial charge in [-0.1, -0.05) is 13.3 Å². The minimum Gasteiger partial charge on any atom is -0.462 e. The molecule has 0 saturated heterocycles. The van der Waals surface area contributed by atoms with Crippen molar-refractivity contribution in [3.05, 3.63) is 70.7 Å². The molecule has 0 atom stereocenters. The third-order valence-electron chi connectivity index (χ3n) is 4.50. The molecule has 0 radical (unpaired) electrons. The van der Waals surface area contributed by atoms with Crippen LogP contribution in [0.2, 0.25) is 0 Å². The molecule has 0 saturated carbocycles. The maximum Gasteiger partial charge on any atom is 0.338 e. The predicted octanol–water partition coefficient (Wildman–Crippen LogP) is 5.67. The topological polar surface area (TPSA) is 101 Å². The number of unbranched alkanes of at least 4 members (excludes halogenated alkanes) is 1. The lowest BCUT2D eigenvalue weighted by Gasteiger charge is -2.05. The van der Waals surface area contributed by atoms with Gasteiger partial charge in [0.15, 0.2) is 0 Å². The number of ether oxygens (including phenoxy) is 2. The van der Waals surface area contributed by atoms with E-state index in [1.165, 1.54) is 18.3 Å². The van der Waals surface area contributed by atoms with Gasteiger partial charge in [-0.3, -0.25) is 4.79 Å². The smallest absolute Gasteiger partial charge is 0.338 e. The first-order chi connectivity index (χ1) is 16.0. The summed E-state index contributed by atoms with van der Waals surface area (Å²) in [5, 5.41) is 15.1. The van der Waals surface area contributed by atoms with E-state index in [1.807, 2.05) is 12.3 Å². The van der Waals surface area contributed by atoms with E-state index in [0.717, 1.165) is 29.8 Å². The van der Waals surface area contributed by atoms with Crippen LogP contribution in [0.15, 0.2) is 60.1 Å². The van der Waals surface area contributed by atoms with Gasteiger partial charge in [0.2, 0.25) is 0 Å². The van der Waals surface area contributed by atoms with Crippen LogP contribution < -0.4 is 10.1 Å². The summed E-state index contributed by atoms with van der Waals surface area (Å²) in [7, 11) is 0. The summed E-state index contributed by atoms with van der Waals surface area (Å²) in [5.74, 6) is -0.264. The number of hydrogen-bond donors (Lipinski definition) is 1. The van der Waals surface area contributed by atoms with Crippen LogP contribution in [-0.2, 0) is 9.53 Å². The van der Waals surface area contributed by atoms with Crippen LogP contribution in [0.4, 0.5) is 5.69 Å². The Hall–Kier alpha value is -3.96. The number of nitrogens with zero attached hydrogens (tertiary/aromatic N) is 2. The molecule has 0 bridgehead atoms. The van der Waals surface area contributed by atoms with Gasteiger partial charge in [0.05, 0.1) is 17.9 Å². The number of carbonyl (C=O) groups excluding carboxylic acids is 2. The Labute approximate surface area is 196 Å². The number of hydrogen-bond acceptors (Lipinski definition) is 8. The summed E-state index contributed by atoms with van der Waals surface area (Å²) >= 11 is 1.35. The molecule has 1 N–H and O–H groups in total. The normalized spacial score (nSPS) is 10.9. The molecule has 33 heavy (non-hydrogen) atoms. The van der Waals surface area contributed by atoms with Crippen LogP contribution in [0, 0.1) is 11.3 Å². The Morgan fingerprint density at radius 3 is 2.52 bits per heavy atom. The Balaban J connectivity index is 1.65. The highest BCUT2D eigenvalue weighted by molar-refractivity contribution is 7.11. The summed E-state index contributed by atoms with van der Waals surface area (Å²) < 4.78 is 10.2. The van der Waals surface area contributed by atoms with Crippen LogP contribution in [0.5, 0.6) is 5.75 Å². The molecule has 0 unspecified atom stereocenters. The summed E-state index contributed by atoms with van der Waals surface area (Å²) in [6, 6.07) is 16.0. The second-order valence-corrected chi connectivity index (χ2v) is 7.89. The second-order valence-electron chi connectivity index (χ2n) is 7.04. The van der Waals surface area contributed by atoms with Crippen molar-refractivity contribution < 1.29 is 19.1 Å². The molecule has 0 amide bonds. The van der Waals surface area contributed by atoms with E-state index in [9.17, 15) is 14.9 Å². The number of nitrogens with one attached hydrogen (secondary N) is 1. The minimum absolute atomic E-state index is 0.348. The molecule has 0 fully saturated rings. The standard InChI is InChI=1S/C25H23N3O4S/c1-3-4-13-31-25(30)19-5-9-21(10-6-19)27-15-20(14-26)24-28-23(16-33-24)18-7-11-22(12-8-18)32-17(2)29/h5-12,15-16,27H,3-4,13H2,1-2H3/b20-15-. The zero-order valence-corrected chi connectivity index (χ0v) is 19.1. The summed E-state index contributed by atoms with van der Waals surface area (Å²) in [6.07, 6.45) is 3.39.